The van der Waals surface area contributed by atoms with E-state index in [4.69, 9.17) is 16.3 Å². The van der Waals surface area contributed by atoms with Gasteiger partial charge in [0.05, 0.1) is 5.69 Å². The van der Waals surface area contributed by atoms with E-state index in [9.17, 15) is 4.79 Å². The number of carbonyl (C=O) groups excluding carboxylic acids is 1. The standard InChI is InChI=1S/C16H25ClN4O2/c1-16(2,3)23-15(22)20(4)12-6-5-9-21(10-12)11-13-14(17)19-8-7-18-13/h7-8,12H,5-6,9-11H2,1-4H3. The molecule has 1 atom stereocenters. The van der Waals surface area contributed by atoms with Gasteiger partial charge in [-0.3, -0.25) is 9.88 Å². The minimum Gasteiger partial charge on any atom is -0.444 e. The number of likely N-dealkylation sites (N-methyl/N-ethyl adjacent to an activating group) is 1. The van der Waals surface area contributed by atoms with Crippen LogP contribution in [0.15, 0.2) is 12.4 Å². The molecule has 0 N–H and O–H groups in total. The Bertz CT molecular complexity index is 547. The Labute approximate surface area is 142 Å². The Morgan fingerprint density at radius 2 is 2.13 bits per heavy atom. The summed E-state index contributed by atoms with van der Waals surface area (Å²) < 4.78 is 5.45. The fourth-order valence-corrected chi connectivity index (χ4v) is 2.81. The van der Waals surface area contributed by atoms with E-state index < -0.39 is 5.60 Å². The van der Waals surface area contributed by atoms with Crippen LogP contribution in [0.1, 0.15) is 39.3 Å². The molecule has 0 aliphatic carbocycles. The van der Waals surface area contributed by atoms with Gasteiger partial charge in [0, 0.05) is 38.6 Å². The first-order valence-corrected chi connectivity index (χ1v) is 8.27. The molecule has 0 spiro atoms. The third-order valence-corrected chi connectivity index (χ3v) is 4.12. The number of amides is 1. The van der Waals surface area contributed by atoms with Crippen LogP contribution in [-0.2, 0) is 11.3 Å². The van der Waals surface area contributed by atoms with Crippen molar-refractivity contribution >= 4 is 17.7 Å². The molecule has 1 aliphatic heterocycles. The summed E-state index contributed by atoms with van der Waals surface area (Å²) in [6, 6.07) is 0.133. The van der Waals surface area contributed by atoms with Crippen LogP contribution >= 0.6 is 11.6 Å². The maximum atomic E-state index is 12.2. The zero-order valence-electron chi connectivity index (χ0n) is 14.3. The molecule has 2 heterocycles. The number of hydrogen-bond donors (Lipinski definition) is 0. The van der Waals surface area contributed by atoms with Gasteiger partial charge in [-0.1, -0.05) is 11.6 Å². The van der Waals surface area contributed by atoms with Crippen molar-refractivity contribution in [3.63, 3.8) is 0 Å². The van der Waals surface area contributed by atoms with Gasteiger partial charge in [0.1, 0.15) is 5.60 Å². The predicted molar refractivity (Wildman–Crippen MR) is 89.3 cm³/mol. The third kappa shape index (κ3) is 5.32. The SMILES string of the molecule is CN(C(=O)OC(C)(C)C)C1CCCN(Cc2nccnc2Cl)C1. The van der Waals surface area contributed by atoms with E-state index in [-0.39, 0.29) is 12.1 Å². The van der Waals surface area contributed by atoms with E-state index in [2.05, 4.69) is 14.9 Å². The van der Waals surface area contributed by atoms with E-state index in [1.165, 1.54) is 0 Å². The molecule has 0 saturated carbocycles. The van der Waals surface area contributed by atoms with Gasteiger partial charge in [-0.25, -0.2) is 9.78 Å². The summed E-state index contributed by atoms with van der Waals surface area (Å²) in [4.78, 5) is 24.5. The van der Waals surface area contributed by atoms with Crippen LogP contribution < -0.4 is 0 Å². The van der Waals surface area contributed by atoms with E-state index in [0.717, 1.165) is 31.6 Å². The fourth-order valence-electron chi connectivity index (χ4n) is 2.64. The van der Waals surface area contributed by atoms with Crippen molar-refractivity contribution in [2.24, 2.45) is 0 Å². The molecule has 1 amide bonds. The molecule has 2 rings (SSSR count). The molecule has 23 heavy (non-hydrogen) atoms. The van der Waals surface area contributed by atoms with Crippen LogP contribution in [0.3, 0.4) is 0 Å². The minimum absolute atomic E-state index is 0.133. The molecule has 0 bridgehead atoms. The highest BCUT2D eigenvalue weighted by atomic mass is 35.5. The second-order valence-electron chi connectivity index (χ2n) is 6.92. The molecule has 1 aromatic rings. The van der Waals surface area contributed by atoms with Gasteiger partial charge < -0.3 is 9.64 Å². The molecular weight excluding hydrogens is 316 g/mol. The van der Waals surface area contributed by atoms with Crippen LogP contribution in [0.5, 0.6) is 0 Å². The van der Waals surface area contributed by atoms with E-state index in [0.29, 0.717) is 11.7 Å². The number of hydrogen-bond acceptors (Lipinski definition) is 5. The highest BCUT2D eigenvalue weighted by Crippen LogP contribution is 2.20. The first-order chi connectivity index (χ1) is 10.8. The summed E-state index contributed by atoms with van der Waals surface area (Å²) in [6.07, 6.45) is 4.95. The number of halogens is 1. The zero-order chi connectivity index (χ0) is 17.0. The van der Waals surface area contributed by atoms with Crippen molar-refractivity contribution in [3.05, 3.63) is 23.2 Å². The van der Waals surface area contributed by atoms with Crippen LogP contribution in [-0.4, -0.2) is 57.6 Å². The van der Waals surface area contributed by atoms with E-state index in [1.54, 1.807) is 24.3 Å². The van der Waals surface area contributed by atoms with Gasteiger partial charge in [-0.05, 0) is 40.2 Å². The molecule has 1 unspecified atom stereocenters. The topological polar surface area (TPSA) is 58.6 Å². The third-order valence-electron chi connectivity index (χ3n) is 3.81. The summed E-state index contributed by atoms with van der Waals surface area (Å²) in [5.41, 5.74) is 0.294. The maximum absolute atomic E-state index is 12.2. The van der Waals surface area contributed by atoms with Crippen molar-refractivity contribution in [3.8, 4) is 0 Å². The smallest absolute Gasteiger partial charge is 0.410 e. The molecule has 1 aliphatic rings. The molecule has 1 saturated heterocycles. The molecular formula is C16H25ClN4O2. The van der Waals surface area contributed by atoms with Crippen molar-refractivity contribution < 1.29 is 9.53 Å². The highest BCUT2D eigenvalue weighted by molar-refractivity contribution is 6.29. The number of rotatable bonds is 3. The Morgan fingerprint density at radius 3 is 2.78 bits per heavy atom. The summed E-state index contributed by atoms with van der Waals surface area (Å²) >= 11 is 6.08. The Hall–Kier alpha value is -1.40. The van der Waals surface area contributed by atoms with Gasteiger partial charge in [-0.2, -0.15) is 0 Å². The maximum Gasteiger partial charge on any atom is 0.410 e. The molecule has 6 nitrogen and oxygen atoms in total. The monoisotopic (exact) mass is 340 g/mol. The quantitative estimate of drug-likeness (QED) is 0.846. The highest BCUT2D eigenvalue weighted by Gasteiger charge is 2.29. The predicted octanol–water partition coefficient (Wildman–Crippen LogP) is 2.96. The zero-order valence-corrected chi connectivity index (χ0v) is 15.0. The number of likely N-dealkylation sites (tertiary alicyclic amines) is 1. The fraction of sp³-hybridized carbons (Fsp3) is 0.688. The van der Waals surface area contributed by atoms with Crippen LogP contribution in [0.25, 0.3) is 0 Å². The molecule has 0 radical (unpaired) electrons. The lowest BCUT2D eigenvalue weighted by molar-refractivity contribution is 0.0129. The molecule has 128 valence electrons. The molecule has 0 aromatic carbocycles. The number of aromatic nitrogens is 2. The minimum atomic E-state index is -0.479. The van der Waals surface area contributed by atoms with Crippen LogP contribution in [0, 0.1) is 0 Å². The lowest BCUT2D eigenvalue weighted by Gasteiger charge is -2.38. The Morgan fingerprint density at radius 1 is 1.43 bits per heavy atom. The van der Waals surface area contributed by atoms with Crippen molar-refractivity contribution in [2.75, 3.05) is 20.1 Å². The van der Waals surface area contributed by atoms with Gasteiger partial charge in [0.25, 0.3) is 0 Å². The van der Waals surface area contributed by atoms with Crippen molar-refractivity contribution in [1.29, 1.82) is 0 Å². The average Bonchev–Trinajstić information content (AvgIpc) is 2.47. The number of carbonyl (C=O) groups is 1. The summed E-state index contributed by atoms with van der Waals surface area (Å²) in [5, 5.41) is 0.440. The molecule has 1 fully saturated rings. The van der Waals surface area contributed by atoms with Gasteiger partial charge in [0.2, 0.25) is 0 Å². The van der Waals surface area contributed by atoms with Crippen molar-refractivity contribution in [1.82, 2.24) is 19.8 Å². The second kappa shape index (κ2) is 7.45. The van der Waals surface area contributed by atoms with E-state index >= 15 is 0 Å². The second-order valence-corrected chi connectivity index (χ2v) is 7.27. The first-order valence-electron chi connectivity index (χ1n) is 7.90. The number of ether oxygens (including phenoxy) is 1. The van der Waals surface area contributed by atoms with Crippen LogP contribution in [0.2, 0.25) is 5.15 Å². The van der Waals surface area contributed by atoms with Gasteiger partial charge >= 0.3 is 6.09 Å². The van der Waals surface area contributed by atoms with Crippen LogP contribution in [0.4, 0.5) is 4.79 Å². The Kier molecular flexibility index (Phi) is 5.81. The van der Waals surface area contributed by atoms with Crippen molar-refractivity contribution in [2.45, 2.75) is 51.8 Å². The number of piperidine rings is 1. The summed E-state index contributed by atoms with van der Waals surface area (Å²) in [7, 11) is 1.80. The summed E-state index contributed by atoms with van der Waals surface area (Å²) in [5.74, 6) is 0. The van der Waals surface area contributed by atoms with E-state index in [1.807, 2.05) is 20.8 Å². The summed E-state index contributed by atoms with van der Waals surface area (Å²) in [6.45, 7) is 8.02. The normalized spacial score (nSPS) is 19.4. The largest absolute Gasteiger partial charge is 0.444 e. The lowest BCUT2D eigenvalue weighted by atomic mass is 10.0. The first kappa shape index (κ1) is 17.9. The lowest BCUT2D eigenvalue weighted by Crippen LogP contribution is -2.49. The molecule has 7 heteroatoms. The molecule has 1 aromatic heterocycles. The average molecular weight is 341 g/mol. The number of nitrogens with zero attached hydrogens (tertiary/aromatic N) is 4. The van der Waals surface area contributed by atoms with Gasteiger partial charge in [0.15, 0.2) is 5.15 Å². The Balaban J connectivity index is 1.95. The van der Waals surface area contributed by atoms with Gasteiger partial charge in [-0.15, -0.1) is 0 Å².